The molecule has 1 saturated heterocycles. The van der Waals surface area contributed by atoms with E-state index in [1.165, 1.54) is 38.8 Å². The van der Waals surface area contributed by atoms with Crippen molar-refractivity contribution in [3.8, 4) is 0 Å². The number of piperidine rings is 1. The van der Waals surface area contributed by atoms with Crippen molar-refractivity contribution in [2.45, 2.75) is 58.5 Å². The van der Waals surface area contributed by atoms with Crippen LogP contribution in [0.1, 0.15) is 46.5 Å². The fourth-order valence-electron chi connectivity index (χ4n) is 2.78. The van der Waals surface area contributed by atoms with E-state index in [1.54, 1.807) is 0 Å². The maximum Gasteiger partial charge on any atom is 0.188 e. The minimum absolute atomic E-state index is 0. The summed E-state index contributed by atoms with van der Waals surface area (Å²) < 4.78 is 0. The van der Waals surface area contributed by atoms with Crippen molar-refractivity contribution in [1.29, 1.82) is 0 Å². The lowest BCUT2D eigenvalue weighted by Crippen LogP contribution is -2.46. The molecule has 0 aromatic heterocycles. The quantitative estimate of drug-likeness (QED) is 0.428. The van der Waals surface area contributed by atoms with Gasteiger partial charge in [-0.05, 0) is 50.6 Å². The Hall–Kier alpha value is -0.0400. The average Bonchev–Trinajstić information content (AvgIpc) is 3.15. The van der Waals surface area contributed by atoms with Crippen molar-refractivity contribution in [3.05, 3.63) is 0 Å². The van der Waals surface area contributed by atoms with Crippen molar-refractivity contribution in [2.24, 2.45) is 22.6 Å². The largest absolute Gasteiger partial charge is 0.370 e. The summed E-state index contributed by atoms with van der Waals surface area (Å²) in [5.41, 5.74) is 5.94. The molecule has 5 heteroatoms. The summed E-state index contributed by atoms with van der Waals surface area (Å²) in [7, 11) is 0. The molecule has 4 nitrogen and oxygen atoms in total. The molecule has 3 N–H and O–H groups in total. The number of halogens is 1. The molecular weight excluding hydrogens is 363 g/mol. The number of nitrogens with zero attached hydrogens (tertiary/aromatic N) is 2. The van der Waals surface area contributed by atoms with Crippen LogP contribution in [-0.4, -0.2) is 42.6 Å². The minimum atomic E-state index is 0. The van der Waals surface area contributed by atoms with Crippen LogP contribution in [0.4, 0.5) is 0 Å². The number of guanidine groups is 1. The molecule has 1 unspecified atom stereocenters. The lowest BCUT2D eigenvalue weighted by Gasteiger charge is -2.38. The molecule has 0 radical (unpaired) electrons. The molecule has 2 fully saturated rings. The zero-order valence-electron chi connectivity index (χ0n) is 13.1. The number of hydrogen-bond donors (Lipinski definition) is 2. The maximum absolute atomic E-state index is 5.94. The second-order valence-corrected chi connectivity index (χ2v) is 6.67. The van der Waals surface area contributed by atoms with Gasteiger partial charge in [0.15, 0.2) is 5.96 Å². The Balaban J connectivity index is 0.00000200. The first-order valence-corrected chi connectivity index (χ1v) is 7.86. The van der Waals surface area contributed by atoms with Crippen LogP contribution in [-0.2, 0) is 0 Å². The van der Waals surface area contributed by atoms with Gasteiger partial charge in [0.05, 0.1) is 6.54 Å². The van der Waals surface area contributed by atoms with Gasteiger partial charge < -0.3 is 11.1 Å². The lowest BCUT2D eigenvalue weighted by atomic mass is 9.94. The minimum Gasteiger partial charge on any atom is -0.370 e. The maximum atomic E-state index is 5.94. The van der Waals surface area contributed by atoms with Crippen molar-refractivity contribution in [3.63, 3.8) is 0 Å². The predicted molar refractivity (Wildman–Crippen MR) is 96.7 cm³/mol. The molecule has 1 aliphatic heterocycles. The van der Waals surface area contributed by atoms with Crippen molar-refractivity contribution >= 4 is 29.9 Å². The first kappa shape index (κ1) is 18.0. The summed E-state index contributed by atoms with van der Waals surface area (Å²) in [5.74, 6) is 2.15. The van der Waals surface area contributed by atoms with Gasteiger partial charge in [0.25, 0.3) is 0 Å². The smallest absolute Gasteiger partial charge is 0.188 e. The van der Waals surface area contributed by atoms with E-state index in [0.29, 0.717) is 24.0 Å². The van der Waals surface area contributed by atoms with Crippen LogP contribution < -0.4 is 11.1 Å². The summed E-state index contributed by atoms with van der Waals surface area (Å²) in [5, 5.41) is 3.27. The van der Waals surface area contributed by atoms with Crippen molar-refractivity contribution < 1.29 is 0 Å². The third-order valence-corrected chi connectivity index (χ3v) is 4.43. The first-order valence-electron chi connectivity index (χ1n) is 7.86. The molecule has 0 spiro atoms. The molecule has 0 aromatic rings. The number of hydrogen-bond acceptors (Lipinski definition) is 2. The van der Waals surface area contributed by atoms with Gasteiger partial charge in [0, 0.05) is 12.1 Å². The zero-order chi connectivity index (χ0) is 13.8. The van der Waals surface area contributed by atoms with Gasteiger partial charge in [-0.15, -0.1) is 24.0 Å². The highest BCUT2D eigenvalue weighted by Gasteiger charge is 2.26. The topological polar surface area (TPSA) is 53.6 Å². The molecule has 0 aromatic carbocycles. The predicted octanol–water partition coefficient (Wildman–Crippen LogP) is 2.43. The highest BCUT2D eigenvalue weighted by molar-refractivity contribution is 14.0. The SMILES string of the molecule is CC1CCN(C(CN=C(N)NC2CC2)C(C)C)CC1.I. The Bertz CT molecular complexity index is 307. The van der Waals surface area contributed by atoms with E-state index >= 15 is 0 Å². The van der Waals surface area contributed by atoms with Crippen LogP contribution in [0.5, 0.6) is 0 Å². The van der Waals surface area contributed by atoms with E-state index in [2.05, 4.69) is 36.0 Å². The third-order valence-electron chi connectivity index (χ3n) is 4.43. The molecule has 2 aliphatic rings. The Kier molecular flexibility index (Phi) is 7.58. The number of nitrogens with two attached hydrogens (primary N) is 1. The molecule has 1 aliphatic carbocycles. The van der Waals surface area contributed by atoms with Crippen LogP contribution in [0.2, 0.25) is 0 Å². The highest BCUT2D eigenvalue weighted by atomic mass is 127. The van der Waals surface area contributed by atoms with Gasteiger partial charge in [-0.25, -0.2) is 0 Å². The van der Waals surface area contributed by atoms with Crippen LogP contribution in [0.15, 0.2) is 4.99 Å². The second-order valence-electron chi connectivity index (χ2n) is 6.67. The molecule has 2 rings (SSSR count). The second kappa shape index (κ2) is 8.41. The van der Waals surface area contributed by atoms with Crippen molar-refractivity contribution in [2.75, 3.05) is 19.6 Å². The Morgan fingerprint density at radius 3 is 2.35 bits per heavy atom. The molecule has 20 heavy (non-hydrogen) atoms. The van der Waals surface area contributed by atoms with E-state index in [0.717, 1.165) is 12.5 Å². The van der Waals surface area contributed by atoms with E-state index in [-0.39, 0.29) is 24.0 Å². The fraction of sp³-hybridized carbons (Fsp3) is 0.933. The van der Waals surface area contributed by atoms with Gasteiger partial charge in [-0.1, -0.05) is 20.8 Å². The van der Waals surface area contributed by atoms with E-state index in [4.69, 9.17) is 5.73 Å². The summed E-state index contributed by atoms with van der Waals surface area (Å²) in [6.07, 6.45) is 5.13. The highest BCUT2D eigenvalue weighted by Crippen LogP contribution is 2.22. The summed E-state index contributed by atoms with van der Waals surface area (Å²) in [4.78, 5) is 7.17. The van der Waals surface area contributed by atoms with Crippen LogP contribution in [0.25, 0.3) is 0 Å². The number of likely N-dealkylation sites (tertiary alicyclic amines) is 1. The number of rotatable bonds is 5. The lowest BCUT2D eigenvalue weighted by molar-refractivity contribution is 0.113. The van der Waals surface area contributed by atoms with Gasteiger partial charge in [-0.2, -0.15) is 0 Å². The fourth-order valence-corrected chi connectivity index (χ4v) is 2.78. The van der Waals surface area contributed by atoms with E-state index < -0.39 is 0 Å². The van der Waals surface area contributed by atoms with Crippen molar-refractivity contribution in [1.82, 2.24) is 10.2 Å². The molecule has 1 heterocycles. The number of aliphatic imine (C=N–C) groups is 1. The first-order chi connectivity index (χ1) is 9.06. The molecule has 0 bridgehead atoms. The van der Waals surface area contributed by atoms with E-state index in [1.807, 2.05) is 0 Å². The van der Waals surface area contributed by atoms with Gasteiger partial charge in [0.2, 0.25) is 0 Å². The molecule has 0 amide bonds. The normalized spacial score (nSPS) is 23.5. The summed E-state index contributed by atoms with van der Waals surface area (Å²) in [6.45, 7) is 10.2. The van der Waals surface area contributed by atoms with Crippen LogP contribution >= 0.6 is 24.0 Å². The Labute approximate surface area is 141 Å². The van der Waals surface area contributed by atoms with Gasteiger partial charge in [-0.3, -0.25) is 9.89 Å². The Morgan fingerprint density at radius 1 is 1.25 bits per heavy atom. The Morgan fingerprint density at radius 2 is 1.85 bits per heavy atom. The third kappa shape index (κ3) is 5.76. The molecular formula is C15H31IN4. The molecule has 1 saturated carbocycles. The van der Waals surface area contributed by atoms with Crippen LogP contribution in [0, 0.1) is 11.8 Å². The average molecular weight is 394 g/mol. The van der Waals surface area contributed by atoms with Gasteiger partial charge in [0.1, 0.15) is 0 Å². The van der Waals surface area contributed by atoms with Gasteiger partial charge >= 0.3 is 0 Å². The monoisotopic (exact) mass is 394 g/mol. The zero-order valence-corrected chi connectivity index (χ0v) is 15.5. The standard InChI is InChI=1S/C15H30N4.HI/c1-11(2)14(19-8-6-12(3)7-9-19)10-17-15(16)18-13-4-5-13;/h11-14H,4-10H2,1-3H3,(H3,16,17,18);1H. The van der Waals surface area contributed by atoms with Crippen LogP contribution in [0.3, 0.4) is 0 Å². The number of nitrogens with one attached hydrogen (secondary N) is 1. The summed E-state index contributed by atoms with van der Waals surface area (Å²) >= 11 is 0. The molecule has 1 atom stereocenters. The van der Waals surface area contributed by atoms with E-state index in [9.17, 15) is 0 Å². The molecule has 118 valence electrons. The summed E-state index contributed by atoms with van der Waals surface area (Å²) in [6, 6.07) is 1.13.